The van der Waals surface area contributed by atoms with Crippen molar-refractivity contribution in [2.24, 2.45) is 0 Å². The Hall–Kier alpha value is -2.94. The number of nitrogens with zero attached hydrogens (tertiary/aromatic N) is 3. The number of rotatable bonds is 7. The molecule has 2 rings (SSSR count). The molecule has 0 spiro atoms. The normalized spacial score (nSPS) is 11.7. The van der Waals surface area contributed by atoms with Gasteiger partial charge in [0.1, 0.15) is 17.9 Å². The van der Waals surface area contributed by atoms with Crippen molar-refractivity contribution in [1.82, 2.24) is 15.1 Å². The van der Waals surface area contributed by atoms with E-state index in [-0.39, 0.29) is 30.2 Å². The highest BCUT2D eigenvalue weighted by Crippen LogP contribution is 2.21. The van der Waals surface area contributed by atoms with Crippen molar-refractivity contribution < 1.29 is 19.2 Å². The van der Waals surface area contributed by atoms with Gasteiger partial charge in [-0.25, -0.2) is 0 Å². The molecular formula is C17H19ClN4O5. The fourth-order valence-corrected chi connectivity index (χ4v) is 2.69. The zero-order valence-corrected chi connectivity index (χ0v) is 15.8. The summed E-state index contributed by atoms with van der Waals surface area (Å²) in [6.07, 6.45) is -1.04. The average Bonchev–Trinajstić information content (AvgIpc) is 2.87. The van der Waals surface area contributed by atoms with E-state index in [0.29, 0.717) is 5.02 Å². The molecule has 1 aromatic heterocycles. The van der Waals surface area contributed by atoms with Crippen molar-refractivity contribution in [3.8, 4) is 0 Å². The van der Waals surface area contributed by atoms with Crippen LogP contribution < -0.4 is 5.32 Å². The fourth-order valence-electron chi connectivity index (χ4n) is 2.48. The van der Waals surface area contributed by atoms with Crippen LogP contribution in [0.1, 0.15) is 23.9 Å². The van der Waals surface area contributed by atoms with Crippen molar-refractivity contribution >= 4 is 29.2 Å². The molecule has 0 saturated carbocycles. The first kappa shape index (κ1) is 20.4. The van der Waals surface area contributed by atoms with Crippen LogP contribution in [0.15, 0.2) is 24.3 Å². The molecule has 10 heteroatoms. The summed E-state index contributed by atoms with van der Waals surface area (Å²) in [6, 6.07) is 7.06. The summed E-state index contributed by atoms with van der Waals surface area (Å²) in [7, 11) is 0. The second-order valence-corrected chi connectivity index (χ2v) is 6.28. The number of hydrogen-bond donors (Lipinski definition) is 1. The smallest absolute Gasteiger partial charge is 0.328 e. The minimum absolute atomic E-state index is 0.145. The summed E-state index contributed by atoms with van der Waals surface area (Å²) in [4.78, 5) is 34.6. The number of aryl methyl sites for hydroxylation is 1. The Balaban J connectivity index is 1.91. The van der Waals surface area contributed by atoms with Gasteiger partial charge >= 0.3 is 11.7 Å². The van der Waals surface area contributed by atoms with Crippen LogP contribution in [0.4, 0.5) is 5.69 Å². The molecule has 0 bridgehead atoms. The molecule has 0 aliphatic carbocycles. The van der Waals surface area contributed by atoms with Gasteiger partial charge in [-0.2, -0.15) is 5.10 Å². The van der Waals surface area contributed by atoms with Gasteiger partial charge in [-0.3, -0.25) is 24.4 Å². The van der Waals surface area contributed by atoms with Crippen molar-refractivity contribution in [1.29, 1.82) is 0 Å². The Labute approximate surface area is 160 Å². The Bertz CT molecular complexity index is 880. The first-order chi connectivity index (χ1) is 12.7. The molecule has 2 aromatic rings. The van der Waals surface area contributed by atoms with Gasteiger partial charge in [-0.05, 0) is 32.4 Å². The number of benzene rings is 1. The van der Waals surface area contributed by atoms with Crippen LogP contribution in [-0.2, 0) is 27.4 Å². The van der Waals surface area contributed by atoms with Crippen molar-refractivity contribution in [3.63, 3.8) is 0 Å². The van der Waals surface area contributed by atoms with Gasteiger partial charge in [0.05, 0.1) is 4.92 Å². The van der Waals surface area contributed by atoms with Crippen molar-refractivity contribution in [2.75, 3.05) is 0 Å². The van der Waals surface area contributed by atoms with E-state index in [4.69, 9.17) is 16.3 Å². The summed E-state index contributed by atoms with van der Waals surface area (Å²) >= 11 is 6.02. The monoisotopic (exact) mass is 394 g/mol. The lowest BCUT2D eigenvalue weighted by atomic mass is 10.2. The van der Waals surface area contributed by atoms with Crippen LogP contribution in [-0.4, -0.2) is 32.7 Å². The largest absolute Gasteiger partial charge is 0.451 e. The van der Waals surface area contributed by atoms with Gasteiger partial charge in [0.25, 0.3) is 5.91 Å². The Morgan fingerprint density at radius 3 is 2.63 bits per heavy atom. The molecule has 0 unspecified atom stereocenters. The number of amides is 1. The molecule has 0 aliphatic heterocycles. The van der Waals surface area contributed by atoms with Gasteiger partial charge in [-0.15, -0.1) is 0 Å². The predicted octanol–water partition coefficient (Wildman–Crippen LogP) is 2.31. The van der Waals surface area contributed by atoms with Crippen LogP contribution in [0, 0.1) is 24.0 Å². The summed E-state index contributed by atoms with van der Waals surface area (Å²) in [5.41, 5.74) is 1.04. The number of halogens is 1. The average molecular weight is 395 g/mol. The maximum atomic E-state index is 12.1. The van der Waals surface area contributed by atoms with Gasteiger partial charge in [0.2, 0.25) is 0 Å². The zero-order valence-electron chi connectivity index (χ0n) is 15.1. The van der Waals surface area contributed by atoms with Gasteiger partial charge < -0.3 is 10.1 Å². The molecule has 0 radical (unpaired) electrons. The molecule has 144 valence electrons. The van der Waals surface area contributed by atoms with E-state index in [2.05, 4.69) is 10.4 Å². The van der Waals surface area contributed by atoms with Crippen LogP contribution in [0.25, 0.3) is 0 Å². The summed E-state index contributed by atoms with van der Waals surface area (Å²) in [5.74, 6) is -1.21. The van der Waals surface area contributed by atoms with Crippen LogP contribution >= 0.6 is 11.6 Å². The molecule has 1 aromatic carbocycles. The van der Waals surface area contributed by atoms with Gasteiger partial charge in [0.15, 0.2) is 6.10 Å². The van der Waals surface area contributed by atoms with Crippen molar-refractivity contribution in [3.05, 3.63) is 56.4 Å². The third-order valence-corrected chi connectivity index (χ3v) is 4.26. The Morgan fingerprint density at radius 2 is 2.04 bits per heavy atom. The minimum Gasteiger partial charge on any atom is -0.451 e. The molecule has 0 saturated heterocycles. The maximum absolute atomic E-state index is 12.1. The molecular weight excluding hydrogens is 376 g/mol. The number of carbonyl (C=O) groups excluding carboxylic acids is 2. The van der Waals surface area contributed by atoms with E-state index < -0.39 is 22.9 Å². The third kappa shape index (κ3) is 5.04. The van der Waals surface area contributed by atoms with Crippen molar-refractivity contribution in [2.45, 2.75) is 40.0 Å². The second-order valence-electron chi connectivity index (χ2n) is 5.88. The lowest BCUT2D eigenvalue weighted by molar-refractivity contribution is -0.386. The molecule has 0 fully saturated rings. The summed E-state index contributed by atoms with van der Waals surface area (Å²) < 4.78 is 6.27. The first-order valence-electron chi connectivity index (χ1n) is 8.09. The summed E-state index contributed by atoms with van der Waals surface area (Å²) in [5, 5.41) is 18.1. The number of nitrogens with one attached hydrogen (secondary N) is 1. The molecule has 9 nitrogen and oxygen atoms in total. The number of carbonyl (C=O) groups is 2. The van der Waals surface area contributed by atoms with Crippen LogP contribution in [0.2, 0.25) is 5.02 Å². The van der Waals surface area contributed by atoms with E-state index in [0.717, 1.165) is 5.56 Å². The molecule has 1 heterocycles. The van der Waals surface area contributed by atoms with Crippen LogP contribution in [0.5, 0.6) is 0 Å². The minimum atomic E-state index is -1.04. The highest BCUT2D eigenvalue weighted by atomic mass is 35.5. The Morgan fingerprint density at radius 1 is 1.37 bits per heavy atom. The Kier molecular flexibility index (Phi) is 6.51. The standard InChI is InChI=1S/C17H19ClN4O5/c1-10-16(22(25)26)11(2)21(20-10)9-15(23)27-12(3)17(24)19-8-13-6-4-5-7-14(13)18/h4-7,12H,8-9H2,1-3H3,(H,19,24)/t12-/m0/s1. The topological polar surface area (TPSA) is 116 Å². The number of aromatic nitrogens is 2. The third-order valence-electron chi connectivity index (χ3n) is 3.89. The molecule has 0 aliphatic rings. The number of hydrogen-bond acceptors (Lipinski definition) is 6. The predicted molar refractivity (Wildman–Crippen MR) is 97.2 cm³/mol. The fraction of sp³-hybridized carbons (Fsp3) is 0.353. The molecule has 1 N–H and O–H groups in total. The van der Waals surface area contributed by atoms with Gasteiger partial charge in [0, 0.05) is 11.6 Å². The number of ether oxygens (including phenoxy) is 1. The molecule has 1 atom stereocenters. The number of nitro groups is 1. The lowest BCUT2D eigenvalue weighted by Crippen LogP contribution is -2.36. The maximum Gasteiger partial charge on any atom is 0.328 e. The summed E-state index contributed by atoms with van der Waals surface area (Å²) in [6.45, 7) is 4.28. The van der Waals surface area contributed by atoms with E-state index in [9.17, 15) is 19.7 Å². The highest BCUT2D eigenvalue weighted by Gasteiger charge is 2.24. The van der Waals surface area contributed by atoms with Crippen LogP contribution in [0.3, 0.4) is 0 Å². The van der Waals surface area contributed by atoms with E-state index in [1.165, 1.54) is 25.5 Å². The van der Waals surface area contributed by atoms with Gasteiger partial charge in [-0.1, -0.05) is 29.8 Å². The van der Waals surface area contributed by atoms with E-state index in [1.807, 2.05) is 0 Å². The van der Waals surface area contributed by atoms with E-state index in [1.54, 1.807) is 24.3 Å². The molecule has 1 amide bonds. The molecule has 27 heavy (non-hydrogen) atoms. The quantitative estimate of drug-likeness (QED) is 0.437. The first-order valence-corrected chi connectivity index (χ1v) is 8.47. The highest BCUT2D eigenvalue weighted by molar-refractivity contribution is 6.31. The van der Waals surface area contributed by atoms with E-state index >= 15 is 0 Å². The SMILES string of the molecule is Cc1nn(CC(=O)O[C@@H](C)C(=O)NCc2ccccc2Cl)c(C)c1[N+](=O)[O-]. The number of esters is 1. The lowest BCUT2D eigenvalue weighted by Gasteiger charge is -2.14. The zero-order chi connectivity index (χ0) is 20.1. The second kappa shape index (κ2) is 8.63.